The van der Waals surface area contributed by atoms with Crippen LogP contribution in [0.25, 0.3) is 0 Å². The van der Waals surface area contributed by atoms with Gasteiger partial charge in [-0.2, -0.15) is 0 Å². The van der Waals surface area contributed by atoms with Gasteiger partial charge in [-0.25, -0.2) is 0 Å². The molecule has 2 aromatic rings. The Bertz CT molecular complexity index is 698. The number of amides is 1. The first-order valence-corrected chi connectivity index (χ1v) is 7.11. The zero-order valence-electron chi connectivity index (χ0n) is 13.1. The standard InChI is InChI=1S/C17H20N4O2/c1-20-16(11-3-6-14(23-2)7-4-11)17(22)21-13-5-8-15(19)12(9-13)10-18/h3-10,16,18,20H,19H2,1-2H3,(H,21,22). The minimum absolute atomic E-state index is 0.196. The van der Waals surface area contributed by atoms with Crippen LogP contribution < -0.4 is 21.1 Å². The number of carbonyl (C=O) groups is 1. The van der Waals surface area contributed by atoms with E-state index in [0.717, 1.165) is 17.5 Å². The van der Waals surface area contributed by atoms with E-state index >= 15 is 0 Å². The molecular weight excluding hydrogens is 292 g/mol. The number of nitrogen functional groups attached to an aromatic ring is 1. The van der Waals surface area contributed by atoms with Crippen LogP contribution in [0, 0.1) is 5.41 Å². The maximum absolute atomic E-state index is 12.5. The maximum Gasteiger partial charge on any atom is 0.246 e. The lowest BCUT2D eigenvalue weighted by molar-refractivity contribution is -0.118. The number of likely N-dealkylation sites (N-methyl/N-ethyl adjacent to an activating group) is 1. The predicted molar refractivity (Wildman–Crippen MR) is 92.2 cm³/mol. The number of nitrogens with one attached hydrogen (secondary N) is 3. The van der Waals surface area contributed by atoms with Crippen molar-refractivity contribution < 1.29 is 9.53 Å². The number of hydrogen-bond acceptors (Lipinski definition) is 5. The Morgan fingerprint density at radius 3 is 2.52 bits per heavy atom. The Hall–Kier alpha value is -2.86. The smallest absolute Gasteiger partial charge is 0.246 e. The predicted octanol–water partition coefficient (Wildman–Crippen LogP) is 2.17. The molecule has 1 amide bonds. The number of methoxy groups -OCH3 is 1. The van der Waals surface area contributed by atoms with Gasteiger partial charge in [0, 0.05) is 23.2 Å². The van der Waals surface area contributed by atoms with E-state index in [-0.39, 0.29) is 5.91 Å². The van der Waals surface area contributed by atoms with E-state index in [9.17, 15) is 4.79 Å². The largest absolute Gasteiger partial charge is 0.497 e. The van der Waals surface area contributed by atoms with Crippen LogP contribution in [0.3, 0.4) is 0 Å². The van der Waals surface area contributed by atoms with Crippen molar-refractivity contribution in [1.82, 2.24) is 5.32 Å². The minimum atomic E-state index is -0.498. The van der Waals surface area contributed by atoms with Gasteiger partial charge in [-0.1, -0.05) is 12.1 Å². The summed E-state index contributed by atoms with van der Waals surface area (Å²) >= 11 is 0. The molecule has 0 spiro atoms. The lowest BCUT2D eigenvalue weighted by atomic mass is 10.1. The summed E-state index contributed by atoms with van der Waals surface area (Å²) in [7, 11) is 3.32. The molecule has 0 aliphatic heterocycles. The van der Waals surface area contributed by atoms with Gasteiger partial charge in [-0.3, -0.25) is 4.79 Å². The van der Waals surface area contributed by atoms with Crippen molar-refractivity contribution in [1.29, 1.82) is 5.41 Å². The molecular formula is C17H20N4O2. The van der Waals surface area contributed by atoms with Gasteiger partial charge in [0.1, 0.15) is 11.8 Å². The number of carbonyl (C=O) groups excluding carboxylic acids is 1. The Morgan fingerprint density at radius 1 is 1.26 bits per heavy atom. The number of hydrogen-bond donors (Lipinski definition) is 4. The average molecular weight is 312 g/mol. The minimum Gasteiger partial charge on any atom is -0.497 e. The van der Waals surface area contributed by atoms with Crippen LogP contribution in [0.2, 0.25) is 0 Å². The molecule has 0 bridgehead atoms. The average Bonchev–Trinajstić information content (AvgIpc) is 2.58. The molecule has 120 valence electrons. The normalized spacial score (nSPS) is 11.6. The van der Waals surface area contributed by atoms with Crippen molar-refractivity contribution in [3.05, 3.63) is 53.6 Å². The third-order valence-electron chi connectivity index (χ3n) is 3.51. The van der Waals surface area contributed by atoms with Gasteiger partial charge in [-0.05, 0) is 42.9 Å². The van der Waals surface area contributed by atoms with Gasteiger partial charge < -0.3 is 26.5 Å². The van der Waals surface area contributed by atoms with Crippen LogP contribution in [0.1, 0.15) is 17.2 Å². The van der Waals surface area contributed by atoms with Crippen molar-refractivity contribution in [2.24, 2.45) is 0 Å². The van der Waals surface area contributed by atoms with Gasteiger partial charge in [0.2, 0.25) is 5.91 Å². The number of anilines is 2. The Balaban J connectivity index is 2.17. The zero-order valence-corrected chi connectivity index (χ0v) is 13.1. The van der Waals surface area contributed by atoms with Crippen molar-refractivity contribution in [3.8, 4) is 5.75 Å². The molecule has 2 rings (SSSR count). The summed E-state index contributed by atoms with van der Waals surface area (Å²) in [6.07, 6.45) is 1.16. The molecule has 6 heteroatoms. The van der Waals surface area contributed by atoms with E-state index in [2.05, 4.69) is 10.6 Å². The van der Waals surface area contributed by atoms with Crippen LogP contribution in [-0.2, 0) is 4.79 Å². The molecule has 0 saturated carbocycles. The summed E-state index contributed by atoms with van der Waals surface area (Å²) in [6.45, 7) is 0. The van der Waals surface area contributed by atoms with Crippen LogP contribution in [0.15, 0.2) is 42.5 Å². The highest BCUT2D eigenvalue weighted by molar-refractivity contribution is 5.97. The molecule has 0 radical (unpaired) electrons. The second kappa shape index (κ2) is 7.42. The molecule has 23 heavy (non-hydrogen) atoms. The number of rotatable bonds is 6. The van der Waals surface area contributed by atoms with Gasteiger partial charge in [-0.15, -0.1) is 0 Å². The van der Waals surface area contributed by atoms with Crippen molar-refractivity contribution >= 4 is 23.5 Å². The van der Waals surface area contributed by atoms with Gasteiger partial charge in [0.25, 0.3) is 0 Å². The second-order valence-electron chi connectivity index (χ2n) is 4.97. The van der Waals surface area contributed by atoms with E-state index in [4.69, 9.17) is 15.9 Å². The third kappa shape index (κ3) is 3.87. The Morgan fingerprint density at radius 2 is 1.96 bits per heavy atom. The third-order valence-corrected chi connectivity index (χ3v) is 3.51. The summed E-state index contributed by atoms with van der Waals surface area (Å²) in [6, 6.07) is 11.8. The lowest BCUT2D eigenvalue weighted by Gasteiger charge is -2.17. The van der Waals surface area contributed by atoms with E-state index in [0.29, 0.717) is 16.9 Å². The first-order valence-electron chi connectivity index (χ1n) is 7.11. The molecule has 0 heterocycles. The molecule has 0 saturated heterocycles. The topological polar surface area (TPSA) is 100 Å². The monoisotopic (exact) mass is 312 g/mol. The molecule has 1 unspecified atom stereocenters. The van der Waals surface area contributed by atoms with E-state index in [1.54, 1.807) is 32.4 Å². The highest BCUT2D eigenvalue weighted by atomic mass is 16.5. The molecule has 0 fully saturated rings. The van der Waals surface area contributed by atoms with E-state index in [1.165, 1.54) is 0 Å². The molecule has 1 atom stereocenters. The summed E-state index contributed by atoms with van der Waals surface area (Å²) in [5.74, 6) is 0.538. The number of ether oxygens (including phenoxy) is 1. The quantitative estimate of drug-likeness (QED) is 0.485. The summed E-state index contributed by atoms with van der Waals surface area (Å²) in [5.41, 5.74) is 8.23. The lowest BCUT2D eigenvalue weighted by Crippen LogP contribution is -2.30. The molecule has 2 aromatic carbocycles. The van der Waals surface area contributed by atoms with E-state index in [1.807, 2.05) is 24.3 Å². The first kappa shape index (κ1) is 16.5. The van der Waals surface area contributed by atoms with Crippen molar-refractivity contribution in [2.45, 2.75) is 6.04 Å². The van der Waals surface area contributed by atoms with Crippen LogP contribution in [-0.4, -0.2) is 26.3 Å². The summed E-state index contributed by atoms with van der Waals surface area (Å²) < 4.78 is 5.12. The van der Waals surface area contributed by atoms with Gasteiger partial charge in [0.15, 0.2) is 0 Å². The molecule has 0 aromatic heterocycles. The Labute approximate surface area is 135 Å². The van der Waals surface area contributed by atoms with Crippen LogP contribution >= 0.6 is 0 Å². The maximum atomic E-state index is 12.5. The van der Waals surface area contributed by atoms with Crippen LogP contribution in [0.4, 0.5) is 11.4 Å². The second-order valence-corrected chi connectivity index (χ2v) is 4.97. The SMILES string of the molecule is CNC(C(=O)Nc1ccc(N)c(C=N)c1)c1ccc(OC)cc1. The Kier molecular flexibility index (Phi) is 5.32. The fourth-order valence-corrected chi connectivity index (χ4v) is 2.24. The first-order chi connectivity index (χ1) is 11.1. The van der Waals surface area contributed by atoms with E-state index < -0.39 is 6.04 Å². The molecule has 0 aliphatic rings. The molecule has 5 N–H and O–H groups in total. The highest BCUT2D eigenvalue weighted by Gasteiger charge is 2.19. The molecule has 6 nitrogen and oxygen atoms in total. The van der Waals surface area contributed by atoms with Crippen molar-refractivity contribution in [3.63, 3.8) is 0 Å². The van der Waals surface area contributed by atoms with Gasteiger partial charge >= 0.3 is 0 Å². The van der Waals surface area contributed by atoms with Gasteiger partial charge in [0.05, 0.1) is 7.11 Å². The van der Waals surface area contributed by atoms with Crippen molar-refractivity contribution in [2.75, 3.05) is 25.2 Å². The summed E-state index contributed by atoms with van der Waals surface area (Å²) in [5, 5.41) is 13.1. The highest BCUT2D eigenvalue weighted by Crippen LogP contribution is 2.21. The molecule has 0 aliphatic carbocycles. The fourth-order valence-electron chi connectivity index (χ4n) is 2.24. The fraction of sp³-hybridized carbons (Fsp3) is 0.176. The number of nitrogens with two attached hydrogens (primary N) is 1. The zero-order chi connectivity index (χ0) is 16.8. The van der Waals surface area contributed by atoms with Crippen LogP contribution in [0.5, 0.6) is 5.75 Å². The number of benzene rings is 2. The summed E-state index contributed by atoms with van der Waals surface area (Å²) in [4.78, 5) is 12.5.